The normalized spacial score (nSPS) is 13.8. The first kappa shape index (κ1) is 14.0. The van der Waals surface area contributed by atoms with Crippen LogP contribution in [0.4, 0.5) is 0 Å². The Morgan fingerprint density at radius 3 is 2.80 bits per heavy atom. The zero-order chi connectivity index (χ0) is 14.4. The van der Waals surface area contributed by atoms with Crippen LogP contribution in [0.3, 0.4) is 0 Å². The molecule has 1 aromatic heterocycles. The Labute approximate surface area is 118 Å². The van der Waals surface area contributed by atoms with E-state index in [9.17, 15) is 0 Å². The van der Waals surface area contributed by atoms with Gasteiger partial charge in [0.25, 0.3) is 5.55 Å². The van der Waals surface area contributed by atoms with Crippen LogP contribution < -0.4 is 15.5 Å². The average Bonchev–Trinajstić information content (AvgIpc) is 2.88. The highest BCUT2D eigenvalue weighted by atomic mass is 16.5. The van der Waals surface area contributed by atoms with Crippen LogP contribution >= 0.6 is 0 Å². The van der Waals surface area contributed by atoms with Gasteiger partial charge in [-0.1, -0.05) is 30.3 Å². The zero-order valence-electron chi connectivity index (χ0n) is 12.0. The van der Waals surface area contributed by atoms with Gasteiger partial charge in [-0.25, -0.2) is 4.68 Å². The third-order valence-electron chi connectivity index (χ3n) is 2.76. The van der Waals surface area contributed by atoms with Crippen molar-refractivity contribution in [3.8, 4) is 0 Å². The number of nitrogens with zero attached hydrogens (tertiary/aromatic N) is 5. The Morgan fingerprint density at radius 2 is 2.10 bits per heavy atom. The molecule has 0 N–H and O–H groups in total. The molecular formula is C14H19N5O. The molecule has 0 aliphatic heterocycles. The Balaban J connectivity index is 2.05. The summed E-state index contributed by atoms with van der Waals surface area (Å²) < 4.78 is 6.91. The predicted octanol–water partition coefficient (Wildman–Crippen LogP) is 0.734. The third-order valence-corrected chi connectivity index (χ3v) is 2.76. The van der Waals surface area contributed by atoms with Gasteiger partial charge in [0.15, 0.2) is 6.04 Å². The van der Waals surface area contributed by atoms with Gasteiger partial charge in [0, 0.05) is 20.5 Å². The van der Waals surface area contributed by atoms with E-state index in [1.54, 1.807) is 15.9 Å². The van der Waals surface area contributed by atoms with Crippen molar-refractivity contribution in [2.45, 2.75) is 19.4 Å². The second kappa shape index (κ2) is 6.70. The summed E-state index contributed by atoms with van der Waals surface area (Å²) in [6.07, 6.45) is 4.10. The highest BCUT2D eigenvalue weighted by Gasteiger charge is 2.10. The summed E-state index contributed by atoms with van der Waals surface area (Å²) >= 11 is 0. The lowest BCUT2D eigenvalue weighted by molar-refractivity contribution is -0.787. The molecule has 1 heterocycles. The average molecular weight is 273 g/mol. The smallest absolute Gasteiger partial charge is 0.273 e. The zero-order valence-corrected chi connectivity index (χ0v) is 12.0. The van der Waals surface area contributed by atoms with E-state index in [-0.39, 0.29) is 6.04 Å². The van der Waals surface area contributed by atoms with E-state index in [4.69, 9.17) is 4.52 Å². The minimum absolute atomic E-state index is 0.205. The second-order valence-electron chi connectivity index (χ2n) is 4.77. The lowest BCUT2D eigenvalue weighted by Crippen LogP contribution is -2.42. The summed E-state index contributed by atoms with van der Waals surface area (Å²) in [5.74, 6) is 0. The van der Waals surface area contributed by atoms with Crippen LogP contribution in [-0.2, 0) is 6.42 Å². The van der Waals surface area contributed by atoms with Crippen LogP contribution in [0, 0.1) is 0 Å². The number of hydrazone groups is 1. The molecule has 0 aliphatic rings. The molecule has 0 fully saturated rings. The van der Waals surface area contributed by atoms with Crippen molar-refractivity contribution in [1.82, 2.24) is 10.3 Å². The quantitative estimate of drug-likeness (QED) is 0.349. The van der Waals surface area contributed by atoms with Gasteiger partial charge < -0.3 is 9.53 Å². The maximum atomic E-state index is 5.14. The minimum atomic E-state index is 0.205. The number of rotatable bonds is 5. The number of hydrogen-bond donors (Lipinski definition) is 0. The summed E-state index contributed by atoms with van der Waals surface area (Å²) in [5.41, 5.74) is 1.71. The maximum Gasteiger partial charge on any atom is 0.273 e. The second-order valence-corrected chi connectivity index (χ2v) is 4.77. The first-order valence-electron chi connectivity index (χ1n) is 6.48. The molecule has 6 heteroatoms. The van der Waals surface area contributed by atoms with Crippen LogP contribution in [0.15, 0.2) is 51.1 Å². The molecule has 6 nitrogen and oxygen atoms in total. The lowest BCUT2D eigenvalue weighted by atomic mass is 10.1. The van der Waals surface area contributed by atoms with Crippen molar-refractivity contribution in [2.24, 2.45) is 10.1 Å². The fourth-order valence-corrected chi connectivity index (χ4v) is 1.75. The highest BCUT2D eigenvalue weighted by molar-refractivity contribution is 5.54. The van der Waals surface area contributed by atoms with Crippen molar-refractivity contribution in [2.75, 3.05) is 14.1 Å². The molecule has 0 saturated carbocycles. The van der Waals surface area contributed by atoms with Gasteiger partial charge in [-0.05, 0) is 12.5 Å². The van der Waals surface area contributed by atoms with Gasteiger partial charge in [-0.15, -0.1) is 0 Å². The van der Waals surface area contributed by atoms with E-state index in [1.165, 1.54) is 11.9 Å². The van der Waals surface area contributed by atoms with Crippen molar-refractivity contribution in [3.63, 3.8) is 0 Å². The molecule has 1 atom stereocenters. The lowest BCUT2D eigenvalue weighted by Gasteiger charge is -2.07. The number of hydrogen-bond acceptors (Lipinski definition) is 3. The molecule has 0 saturated heterocycles. The van der Waals surface area contributed by atoms with Crippen LogP contribution in [-0.4, -0.2) is 25.4 Å². The van der Waals surface area contributed by atoms with Crippen molar-refractivity contribution in [3.05, 3.63) is 47.6 Å². The van der Waals surface area contributed by atoms with Crippen molar-refractivity contribution in [1.29, 1.82) is 0 Å². The Hall–Kier alpha value is -2.37. The summed E-state index contributed by atoms with van der Waals surface area (Å²) in [4.78, 5) is 4.07. The standard InChI is InChI=1S/C14H19N5O/c1-12(9-13-7-5-4-6-8-13)19-10-14(20-17-19)15-11-16-18(2)3/h4-8,10-12H,9H2,1-3H3. The molecule has 0 spiro atoms. The Kier molecular flexibility index (Phi) is 4.70. The van der Waals surface area contributed by atoms with E-state index in [1.807, 2.05) is 32.3 Å². The SMILES string of the molecule is CC(Cc1ccccc1)[n+]1cc(=NC=NN(C)C)o[n-]1. The fraction of sp³-hybridized carbons (Fsp3) is 0.357. The highest BCUT2D eigenvalue weighted by Crippen LogP contribution is 2.06. The molecule has 0 aliphatic carbocycles. The van der Waals surface area contributed by atoms with Crippen LogP contribution in [0.5, 0.6) is 0 Å². The number of benzene rings is 1. The molecule has 0 radical (unpaired) electrons. The fourth-order valence-electron chi connectivity index (χ4n) is 1.75. The molecule has 1 aromatic carbocycles. The van der Waals surface area contributed by atoms with E-state index in [0.29, 0.717) is 5.55 Å². The van der Waals surface area contributed by atoms with E-state index >= 15 is 0 Å². The number of aromatic nitrogens is 2. The molecular weight excluding hydrogens is 254 g/mol. The van der Waals surface area contributed by atoms with Gasteiger partial charge >= 0.3 is 0 Å². The first-order chi connectivity index (χ1) is 9.65. The summed E-state index contributed by atoms with van der Waals surface area (Å²) in [5, 5.41) is 9.63. The molecule has 1 unspecified atom stereocenters. The topological polar surface area (TPSA) is 59.1 Å². The monoisotopic (exact) mass is 273 g/mol. The summed E-state index contributed by atoms with van der Waals surface area (Å²) in [6.45, 7) is 2.09. The largest absolute Gasteiger partial charge is 0.487 e. The molecule has 2 aromatic rings. The van der Waals surface area contributed by atoms with E-state index in [0.717, 1.165) is 6.42 Å². The molecule has 2 rings (SSSR count). The predicted molar refractivity (Wildman–Crippen MR) is 74.8 cm³/mol. The molecule has 20 heavy (non-hydrogen) atoms. The van der Waals surface area contributed by atoms with Crippen LogP contribution in [0.1, 0.15) is 18.5 Å². The van der Waals surface area contributed by atoms with Crippen molar-refractivity contribution < 1.29 is 9.20 Å². The van der Waals surface area contributed by atoms with Gasteiger partial charge in [0.05, 0.1) is 0 Å². The summed E-state index contributed by atoms with van der Waals surface area (Å²) in [6, 6.07) is 10.5. The molecule has 0 bridgehead atoms. The van der Waals surface area contributed by atoms with E-state index < -0.39 is 0 Å². The van der Waals surface area contributed by atoms with Gasteiger partial charge in [0.2, 0.25) is 6.20 Å². The Morgan fingerprint density at radius 1 is 1.35 bits per heavy atom. The summed E-state index contributed by atoms with van der Waals surface area (Å²) in [7, 11) is 3.66. The van der Waals surface area contributed by atoms with E-state index in [2.05, 4.69) is 34.4 Å². The third kappa shape index (κ3) is 4.08. The van der Waals surface area contributed by atoms with Crippen LogP contribution in [0.2, 0.25) is 0 Å². The van der Waals surface area contributed by atoms with Crippen molar-refractivity contribution >= 4 is 6.34 Å². The molecule has 0 amide bonds. The van der Waals surface area contributed by atoms with Gasteiger partial charge in [-0.3, -0.25) is 5.27 Å². The molecule has 106 valence electrons. The van der Waals surface area contributed by atoms with Crippen LogP contribution in [0.25, 0.3) is 0 Å². The van der Waals surface area contributed by atoms with Gasteiger partial charge in [-0.2, -0.15) is 10.1 Å². The maximum absolute atomic E-state index is 5.14. The first-order valence-corrected chi connectivity index (χ1v) is 6.48. The Bertz CT molecular complexity index is 612. The minimum Gasteiger partial charge on any atom is -0.487 e. The van der Waals surface area contributed by atoms with Gasteiger partial charge in [0.1, 0.15) is 6.34 Å².